The Morgan fingerprint density at radius 2 is 2.26 bits per heavy atom. The van der Waals surface area contributed by atoms with E-state index in [1.54, 1.807) is 18.3 Å². The van der Waals surface area contributed by atoms with Crippen LogP contribution < -0.4 is 21.6 Å². The van der Waals surface area contributed by atoms with E-state index < -0.39 is 5.91 Å². The molecular formula is C16H18N5O2+. The fourth-order valence-corrected chi connectivity index (χ4v) is 2.38. The van der Waals surface area contributed by atoms with E-state index in [9.17, 15) is 9.59 Å². The topological polar surface area (TPSA) is 104 Å². The molecule has 4 N–H and O–H groups in total. The van der Waals surface area contributed by atoms with E-state index in [0.717, 1.165) is 6.42 Å². The second-order valence-corrected chi connectivity index (χ2v) is 5.48. The molecule has 0 saturated carbocycles. The smallest absolute Gasteiger partial charge is 0.325 e. The lowest BCUT2D eigenvalue weighted by atomic mass is 10.1. The van der Waals surface area contributed by atoms with E-state index in [-0.39, 0.29) is 17.2 Å². The predicted octanol–water partition coefficient (Wildman–Crippen LogP) is 0.971. The second-order valence-electron chi connectivity index (χ2n) is 5.48. The highest BCUT2D eigenvalue weighted by Crippen LogP contribution is 2.17. The maximum Gasteiger partial charge on any atom is 0.325 e. The van der Waals surface area contributed by atoms with Crippen LogP contribution in [0.1, 0.15) is 30.6 Å². The summed E-state index contributed by atoms with van der Waals surface area (Å²) in [4.78, 5) is 31.8. The number of pyridine rings is 2. The van der Waals surface area contributed by atoms with E-state index in [1.165, 1.54) is 10.5 Å². The van der Waals surface area contributed by atoms with Gasteiger partial charge in [-0.2, -0.15) is 4.40 Å². The third-order valence-corrected chi connectivity index (χ3v) is 3.84. The van der Waals surface area contributed by atoms with E-state index in [4.69, 9.17) is 5.73 Å². The number of fused-ring (bicyclic) bond motifs is 2. The fourth-order valence-electron chi connectivity index (χ4n) is 2.38. The highest BCUT2D eigenvalue weighted by atomic mass is 16.1. The zero-order valence-corrected chi connectivity index (χ0v) is 13.0. The van der Waals surface area contributed by atoms with E-state index in [0.29, 0.717) is 22.5 Å². The largest absolute Gasteiger partial charge is 0.365 e. The first-order chi connectivity index (χ1) is 11.0. The van der Waals surface area contributed by atoms with E-state index in [2.05, 4.69) is 15.3 Å². The molecule has 1 amide bonds. The van der Waals surface area contributed by atoms with Gasteiger partial charge in [0.2, 0.25) is 11.5 Å². The van der Waals surface area contributed by atoms with Crippen molar-refractivity contribution in [2.45, 2.75) is 26.3 Å². The molecule has 3 aromatic rings. The van der Waals surface area contributed by atoms with Crippen molar-refractivity contribution in [2.24, 2.45) is 5.73 Å². The van der Waals surface area contributed by atoms with Crippen LogP contribution in [0.2, 0.25) is 0 Å². The van der Waals surface area contributed by atoms with Crippen LogP contribution in [0.3, 0.4) is 0 Å². The van der Waals surface area contributed by atoms with Crippen molar-refractivity contribution in [1.29, 1.82) is 0 Å². The summed E-state index contributed by atoms with van der Waals surface area (Å²) in [6.45, 7) is 4.00. The fraction of sp³-hybridized carbons (Fsp3) is 0.250. The number of rotatable bonds is 4. The molecule has 0 aromatic carbocycles. The number of carbonyl (C=O) groups is 1. The standard InChI is InChI=1S/C16H17N5O2/c1-3-9(2)18-14-10(13(17)22)8-11-15(20-14)19-12-6-4-5-7-21(12)16(11)23/h4-9H,3H2,1-2H3,(H2,17,22)(H,18,20)/p+1/t9-/m0/s1. The van der Waals surface area contributed by atoms with E-state index >= 15 is 0 Å². The van der Waals surface area contributed by atoms with Crippen LogP contribution in [0.4, 0.5) is 5.82 Å². The number of anilines is 1. The highest BCUT2D eigenvalue weighted by molar-refractivity contribution is 6.00. The van der Waals surface area contributed by atoms with Gasteiger partial charge in [-0.25, -0.2) is 9.78 Å². The third-order valence-electron chi connectivity index (χ3n) is 3.84. The van der Waals surface area contributed by atoms with E-state index in [1.807, 2.05) is 19.9 Å². The Hall–Kier alpha value is -2.96. The Balaban J connectivity index is 2.33. The quantitative estimate of drug-likeness (QED) is 0.700. The minimum Gasteiger partial charge on any atom is -0.365 e. The monoisotopic (exact) mass is 312 g/mol. The highest BCUT2D eigenvalue weighted by Gasteiger charge is 2.21. The normalized spacial score (nSPS) is 12.4. The maximum absolute atomic E-state index is 12.6. The van der Waals surface area contributed by atoms with Crippen molar-refractivity contribution in [2.75, 3.05) is 5.32 Å². The molecule has 0 saturated heterocycles. The van der Waals surface area contributed by atoms with Gasteiger partial charge in [0.1, 0.15) is 5.39 Å². The average Bonchev–Trinajstić information content (AvgIpc) is 2.54. The van der Waals surface area contributed by atoms with Gasteiger partial charge in [-0.1, -0.05) is 18.0 Å². The molecule has 7 heteroatoms. The molecule has 0 spiro atoms. The minimum atomic E-state index is -0.622. The molecule has 0 radical (unpaired) electrons. The number of nitrogens with two attached hydrogens (primary N) is 1. The lowest BCUT2D eigenvalue weighted by molar-refractivity contribution is -0.319. The van der Waals surface area contributed by atoms with Crippen molar-refractivity contribution in [3.05, 3.63) is 46.4 Å². The predicted molar refractivity (Wildman–Crippen MR) is 87.4 cm³/mol. The van der Waals surface area contributed by atoms with Crippen LogP contribution in [-0.2, 0) is 0 Å². The molecular weight excluding hydrogens is 294 g/mol. The zero-order valence-electron chi connectivity index (χ0n) is 13.0. The number of nitrogens with one attached hydrogen (secondary N) is 2. The second kappa shape index (κ2) is 5.68. The maximum atomic E-state index is 12.6. The van der Waals surface area contributed by atoms with Gasteiger partial charge >= 0.3 is 5.56 Å². The summed E-state index contributed by atoms with van der Waals surface area (Å²) in [7, 11) is 0. The molecule has 0 aliphatic rings. The molecule has 118 valence electrons. The van der Waals surface area contributed by atoms with Crippen molar-refractivity contribution in [3.8, 4) is 0 Å². The molecule has 0 aliphatic heterocycles. The van der Waals surface area contributed by atoms with Crippen LogP contribution in [0.5, 0.6) is 0 Å². The van der Waals surface area contributed by atoms with Crippen molar-refractivity contribution in [3.63, 3.8) is 0 Å². The van der Waals surface area contributed by atoms with Gasteiger partial charge in [-0.3, -0.25) is 4.79 Å². The van der Waals surface area contributed by atoms with Crippen molar-refractivity contribution in [1.82, 2.24) is 9.38 Å². The minimum absolute atomic E-state index is 0.125. The van der Waals surface area contributed by atoms with Crippen LogP contribution in [-0.4, -0.2) is 21.3 Å². The SMILES string of the molecule is CC[C@H](C)Nc1nc2[nH+]c3ccccn3c(=O)c2cc1C(N)=O. The van der Waals surface area contributed by atoms with Crippen molar-refractivity contribution < 1.29 is 9.78 Å². The Bertz CT molecular complexity index is 964. The summed E-state index contributed by atoms with van der Waals surface area (Å²) in [5.74, 6) is -0.238. The third kappa shape index (κ3) is 2.61. The first kappa shape index (κ1) is 15.0. The number of carbonyl (C=O) groups excluding carboxylic acids is 1. The summed E-state index contributed by atoms with van der Waals surface area (Å²) < 4.78 is 1.47. The van der Waals surface area contributed by atoms with Gasteiger partial charge in [-0.05, 0) is 25.5 Å². The van der Waals surface area contributed by atoms with Crippen LogP contribution in [0.25, 0.3) is 16.7 Å². The summed E-state index contributed by atoms with van der Waals surface area (Å²) in [5.41, 5.74) is 6.44. The molecule has 23 heavy (non-hydrogen) atoms. The molecule has 3 rings (SSSR count). The van der Waals surface area contributed by atoms with Gasteiger partial charge in [-0.15, -0.1) is 0 Å². The lowest BCUT2D eigenvalue weighted by Crippen LogP contribution is -2.26. The average molecular weight is 312 g/mol. The molecule has 0 fully saturated rings. The van der Waals surface area contributed by atoms with Gasteiger partial charge in [0.25, 0.3) is 11.6 Å². The molecule has 1 atom stereocenters. The molecule has 3 aromatic heterocycles. The van der Waals surface area contributed by atoms with Crippen LogP contribution >= 0.6 is 0 Å². The first-order valence-corrected chi connectivity index (χ1v) is 7.45. The van der Waals surface area contributed by atoms with Gasteiger partial charge in [0.15, 0.2) is 0 Å². The van der Waals surface area contributed by atoms with Gasteiger partial charge in [0.05, 0.1) is 11.8 Å². The number of aromatic nitrogens is 3. The molecule has 0 aliphatic carbocycles. The Morgan fingerprint density at radius 3 is 2.96 bits per heavy atom. The molecule has 0 bridgehead atoms. The zero-order chi connectivity index (χ0) is 16.6. The Morgan fingerprint density at radius 1 is 1.48 bits per heavy atom. The van der Waals surface area contributed by atoms with Crippen LogP contribution in [0.15, 0.2) is 35.3 Å². The van der Waals surface area contributed by atoms with Gasteiger partial charge < -0.3 is 11.1 Å². The summed E-state index contributed by atoms with van der Waals surface area (Å²) in [6, 6.07) is 6.99. The number of hydrogen-bond donors (Lipinski definition) is 2. The molecule has 0 unspecified atom stereocenters. The number of primary amides is 1. The number of aromatic amines is 1. The van der Waals surface area contributed by atoms with Crippen LogP contribution in [0, 0.1) is 0 Å². The number of H-pyrrole nitrogens is 1. The number of amides is 1. The first-order valence-electron chi connectivity index (χ1n) is 7.45. The summed E-state index contributed by atoms with van der Waals surface area (Å²) in [5, 5.41) is 3.48. The van der Waals surface area contributed by atoms with Crippen molar-refractivity contribution >= 4 is 28.4 Å². The molecule has 3 heterocycles. The summed E-state index contributed by atoms with van der Waals surface area (Å²) in [6.07, 6.45) is 2.52. The van der Waals surface area contributed by atoms with Gasteiger partial charge in [0, 0.05) is 12.1 Å². The Labute approximate surface area is 132 Å². The Kier molecular flexibility index (Phi) is 3.69. The number of hydrogen-bond acceptors (Lipinski definition) is 4. The molecule has 7 nitrogen and oxygen atoms in total. The lowest BCUT2D eigenvalue weighted by Gasteiger charge is -2.12. The number of nitrogens with zero attached hydrogens (tertiary/aromatic N) is 2. The summed E-state index contributed by atoms with van der Waals surface area (Å²) >= 11 is 0.